The van der Waals surface area contributed by atoms with Crippen molar-refractivity contribution in [2.45, 2.75) is 0 Å². The van der Waals surface area contributed by atoms with Crippen molar-refractivity contribution in [2.75, 3.05) is 18.6 Å². The lowest BCUT2D eigenvalue weighted by Gasteiger charge is -2.17. The Bertz CT molecular complexity index is 874. The van der Waals surface area contributed by atoms with Gasteiger partial charge < -0.3 is 9.64 Å². The fourth-order valence-electron chi connectivity index (χ4n) is 2.53. The van der Waals surface area contributed by atoms with Crippen LogP contribution in [0.1, 0.15) is 10.4 Å². The van der Waals surface area contributed by atoms with E-state index >= 15 is 0 Å². The van der Waals surface area contributed by atoms with Gasteiger partial charge in [-0.05, 0) is 35.4 Å². The summed E-state index contributed by atoms with van der Waals surface area (Å²) < 4.78 is 5.15. The molecule has 3 rings (SSSR count). The van der Waals surface area contributed by atoms with Crippen LogP contribution in [0.25, 0.3) is 11.1 Å². The van der Waals surface area contributed by atoms with Gasteiger partial charge in [0.25, 0.3) is 5.91 Å². The standard InChI is InChI=1S/C22H19NO3/c1-23(20-10-6-3-7-11-20)21(24)16-26-22(25)19-14-12-18(13-15-19)17-8-4-2-5-9-17/h2-15H,16H2,1H3. The van der Waals surface area contributed by atoms with Crippen molar-refractivity contribution < 1.29 is 14.3 Å². The number of anilines is 1. The van der Waals surface area contributed by atoms with Crippen molar-refractivity contribution >= 4 is 17.6 Å². The van der Waals surface area contributed by atoms with Crippen LogP contribution in [-0.4, -0.2) is 25.5 Å². The highest BCUT2D eigenvalue weighted by Gasteiger charge is 2.14. The Hall–Kier alpha value is -3.40. The molecule has 0 saturated heterocycles. The number of amides is 1. The largest absolute Gasteiger partial charge is 0.452 e. The van der Waals surface area contributed by atoms with Gasteiger partial charge in [-0.25, -0.2) is 4.79 Å². The molecule has 0 aromatic heterocycles. The maximum absolute atomic E-state index is 12.2. The second-order valence-corrected chi connectivity index (χ2v) is 5.81. The number of para-hydroxylation sites is 1. The van der Waals surface area contributed by atoms with Crippen molar-refractivity contribution in [3.05, 3.63) is 90.5 Å². The van der Waals surface area contributed by atoms with E-state index in [0.29, 0.717) is 5.56 Å². The maximum Gasteiger partial charge on any atom is 0.338 e. The van der Waals surface area contributed by atoms with Gasteiger partial charge in [-0.1, -0.05) is 60.7 Å². The molecule has 0 heterocycles. The second kappa shape index (κ2) is 8.12. The Morgan fingerprint density at radius 2 is 1.31 bits per heavy atom. The number of benzene rings is 3. The minimum atomic E-state index is -0.514. The lowest BCUT2D eigenvalue weighted by molar-refractivity contribution is -0.121. The Balaban J connectivity index is 1.59. The summed E-state index contributed by atoms with van der Waals surface area (Å²) in [5, 5.41) is 0. The summed E-state index contributed by atoms with van der Waals surface area (Å²) in [6, 6.07) is 26.2. The van der Waals surface area contributed by atoms with Gasteiger partial charge in [-0.2, -0.15) is 0 Å². The zero-order valence-electron chi connectivity index (χ0n) is 14.5. The molecule has 0 saturated carbocycles. The number of ether oxygens (including phenoxy) is 1. The van der Waals surface area contributed by atoms with E-state index < -0.39 is 5.97 Å². The van der Waals surface area contributed by atoms with Crippen LogP contribution in [0.2, 0.25) is 0 Å². The molecule has 0 unspecified atom stereocenters. The quantitative estimate of drug-likeness (QED) is 0.652. The summed E-state index contributed by atoms with van der Waals surface area (Å²) in [5.41, 5.74) is 3.26. The van der Waals surface area contributed by atoms with Crippen LogP contribution in [0.5, 0.6) is 0 Å². The number of nitrogens with zero attached hydrogens (tertiary/aromatic N) is 1. The fourth-order valence-corrected chi connectivity index (χ4v) is 2.53. The topological polar surface area (TPSA) is 46.6 Å². The first kappa shape index (κ1) is 17.4. The third-order valence-corrected chi connectivity index (χ3v) is 4.07. The van der Waals surface area contributed by atoms with Gasteiger partial charge >= 0.3 is 5.97 Å². The van der Waals surface area contributed by atoms with Crippen LogP contribution >= 0.6 is 0 Å². The fraction of sp³-hybridized carbons (Fsp3) is 0.0909. The first-order valence-corrected chi connectivity index (χ1v) is 8.29. The minimum Gasteiger partial charge on any atom is -0.452 e. The van der Waals surface area contributed by atoms with E-state index in [1.165, 1.54) is 4.90 Å². The third kappa shape index (κ3) is 4.16. The van der Waals surface area contributed by atoms with Crippen molar-refractivity contribution in [3.63, 3.8) is 0 Å². The molecule has 0 radical (unpaired) electrons. The summed E-state index contributed by atoms with van der Waals surface area (Å²) in [7, 11) is 1.65. The number of esters is 1. The molecule has 3 aromatic rings. The van der Waals surface area contributed by atoms with E-state index in [1.54, 1.807) is 19.2 Å². The van der Waals surface area contributed by atoms with Gasteiger partial charge in [0.2, 0.25) is 0 Å². The molecule has 26 heavy (non-hydrogen) atoms. The number of hydrogen-bond acceptors (Lipinski definition) is 3. The van der Waals surface area contributed by atoms with Crippen LogP contribution in [0.3, 0.4) is 0 Å². The molecule has 0 aliphatic rings. The molecule has 0 bridgehead atoms. The van der Waals surface area contributed by atoms with Crippen molar-refractivity contribution in [1.82, 2.24) is 0 Å². The predicted molar refractivity (Wildman–Crippen MR) is 102 cm³/mol. The van der Waals surface area contributed by atoms with Crippen LogP contribution in [0.15, 0.2) is 84.9 Å². The molecular formula is C22H19NO3. The number of likely N-dealkylation sites (N-methyl/N-ethyl adjacent to an activating group) is 1. The highest BCUT2D eigenvalue weighted by atomic mass is 16.5. The van der Waals surface area contributed by atoms with Gasteiger partial charge in [-0.3, -0.25) is 4.79 Å². The predicted octanol–water partition coefficient (Wildman–Crippen LogP) is 4.17. The van der Waals surface area contributed by atoms with Crippen LogP contribution in [0.4, 0.5) is 5.69 Å². The van der Waals surface area contributed by atoms with Gasteiger partial charge in [0.05, 0.1) is 5.56 Å². The summed E-state index contributed by atoms with van der Waals surface area (Å²) in [4.78, 5) is 25.8. The Morgan fingerprint density at radius 3 is 1.92 bits per heavy atom. The minimum absolute atomic E-state index is 0.287. The highest BCUT2D eigenvalue weighted by molar-refractivity contribution is 5.96. The first-order valence-electron chi connectivity index (χ1n) is 8.29. The van der Waals surface area contributed by atoms with E-state index in [2.05, 4.69) is 0 Å². The molecule has 0 atom stereocenters. The van der Waals surface area contributed by atoms with Crippen molar-refractivity contribution in [2.24, 2.45) is 0 Å². The zero-order valence-corrected chi connectivity index (χ0v) is 14.5. The normalized spacial score (nSPS) is 10.2. The number of rotatable bonds is 5. The number of carbonyl (C=O) groups is 2. The molecule has 4 heteroatoms. The van der Waals surface area contributed by atoms with E-state index in [-0.39, 0.29) is 12.5 Å². The molecule has 130 valence electrons. The summed E-state index contributed by atoms with van der Waals surface area (Å²) in [6.45, 7) is -0.301. The molecule has 0 spiro atoms. The zero-order chi connectivity index (χ0) is 18.4. The molecule has 3 aromatic carbocycles. The van der Waals surface area contributed by atoms with Crippen LogP contribution < -0.4 is 4.90 Å². The molecule has 0 aliphatic carbocycles. The summed E-state index contributed by atoms with van der Waals surface area (Å²) >= 11 is 0. The number of carbonyl (C=O) groups excluding carboxylic acids is 2. The van der Waals surface area contributed by atoms with E-state index in [0.717, 1.165) is 16.8 Å². The highest BCUT2D eigenvalue weighted by Crippen LogP contribution is 2.19. The van der Waals surface area contributed by atoms with Crippen molar-refractivity contribution in [1.29, 1.82) is 0 Å². The van der Waals surface area contributed by atoms with Crippen LogP contribution in [-0.2, 0) is 9.53 Å². The first-order chi connectivity index (χ1) is 12.6. The Labute approximate surface area is 152 Å². The maximum atomic E-state index is 12.2. The van der Waals surface area contributed by atoms with E-state index in [9.17, 15) is 9.59 Å². The van der Waals surface area contributed by atoms with Gasteiger partial charge in [-0.15, -0.1) is 0 Å². The molecule has 0 fully saturated rings. The Kier molecular flexibility index (Phi) is 5.44. The average Bonchev–Trinajstić information content (AvgIpc) is 2.72. The Morgan fingerprint density at radius 1 is 0.769 bits per heavy atom. The SMILES string of the molecule is CN(C(=O)COC(=O)c1ccc(-c2ccccc2)cc1)c1ccccc1. The molecule has 1 amide bonds. The van der Waals surface area contributed by atoms with Crippen LogP contribution in [0, 0.1) is 0 Å². The molecular weight excluding hydrogens is 326 g/mol. The summed E-state index contributed by atoms with van der Waals surface area (Å²) in [5.74, 6) is -0.801. The summed E-state index contributed by atoms with van der Waals surface area (Å²) in [6.07, 6.45) is 0. The van der Waals surface area contributed by atoms with E-state index in [4.69, 9.17) is 4.74 Å². The average molecular weight is 345 g/mol. The second-order valence-electron chi connectivity index (χ2n) is 5.81. The molecule has 4 nitrogen and oxygen atoms in total. The van der Waals surface area contributed by atoms with Gasteiger partial charge in [0, 0.05) is 12.7 Å². The third-order valence-electron chi connectivity index (χ3n) is 4.07. The smallest absolute Gasteiger partial charge is 0.338 e. The monoisotopic (exact) mass is 345 g/mol. The lowest BCUT2D eigenvalue weighted by atomic mass is 10.0. The van der Waals surface area contributed by atoms with Gasteiger partial charge in [0.1, 0.15) is 0 Å². The van der Waals surface area contributed by atoms with Crippen molar-refractivity contribution in [3.8, 4) is 11.1 Å². The van der Waals surface area contributed by atoms with E-state index in [1.807, 2.05) is 72.8 Å². The van der Waals surface area contributed by atoms with Gasteiger partial charge in [0.15, 0.2) is 6.61 Å². The number of hydrogen-bond donors (Lipinski definition) is 0. The lowest BCUT2D eigenvalue weighted by Crippen LogP contribution is -2.31. The molecule has 0 aliphatic heterocycles. The molecule has 0 N–H and O–H groups in total.